The summed E-state index contributed by atoms with van der Waals surface area (Å²) in [5.41, 5.74) is 1.48. The first-order valence-corrected chi connectivity index (χ1v) is 5.94. The van der Waals surface area contributed by atoms with Crippen LogP contribution < -0.4 is 5.32 Å². The molecule has 0 bridgehead atoms. The third kappa shape index (κ3) is 2.96. The lowest BCUT2D eigenvalue weighted by Gasteiger charge is -2.06. The summed E-state index contributed by atoms with van der Waals surface area (Å²) in [5.74, 6) is 0.655. The van der Waals surface area contributed by atoms with Gasteiger partial charge in [-0.25, -0.2) is 4.98 Å². The maximum atomic E-state index is 8.68. The van der Waals surface area contributed by atoms with Crippen LogP contribution in [0.3, 0.4) is 0 Å². The summed E-state index contributed by atoms with van der Waals surface area (Å²) in [4.78, 5) is 4.17. The van der Waals surface area contributed by atoms with E-state index in [4.69, 9.17) is 16.9 Å². The van der Waals surface area contributed by atoms with Gasteiger partial charge in [0.05, 0.1) is 21.1 Å². The highest BCUT2D eigenvalue weighted by atomic mass is 79.9. The van der Waals surface area contributed by atoms with E-state index in [2.05, 4.69) is 32.3 Å². The zero-order valence-electron chi connectivity index (χ0n) is 8.61. The van der Waals surface area contributed by atoms with Gasteiger partial charge in [-0.1, -0.05) is 11.6 Å². The Labute approximate surface area is 112 Å². The number of rotatable bonds is 2. The minimum atomic E-state index is 0.594. The van der Waals surface area contributed by atoms with Gasteiger partial charge in [0.2, 0.25) is 0 Å². The van der Waals surface area contributed by atoms with Crippen LogP contribution in [0.25, 0.3) is 0 Å². The zero-order valence-corrected chi connectivity index (χ0v) is 11.0. The van der Waals surface area contributed by atoms with Crippen LogP contribution in [0, 0.1) is 11.3 Å². The highest BCUT2D eigenvalue weighted by Crippen LogP contribution is 2.25. The molecule has 0 aliphatic carbocycles. The fourth-order valence-corrected chi connectivity index (χ4v) is 1.63. The maximum absolute atomic E-state index is 8.68. The normalized spacial score (nSPS) is 9.71. The molecule has 1 heterocycles. The van der Waals surface area contributed by atoms with Crippen molar-refractivity contribution in [2.45, 2.75) is 0 Å². The number of benzene rings is 1. The number of hydrogen-bond donors (Lipinski definition) is 1. The smallest absolute Gasteiger partial charge is 0.131 e. The van der Waals surface area contributed by atoms with E-state index in [1.165, 1.54) is 0 Å². The van der Waals surface area contributed by atoms with Gasteiger partial charge in [-0.2, -0.15) is 5.26 Å². The average Bonchev–Trinajstić information content (AvgIpc) is 2.35. The van der Waals surface area contributed by atoms with Crippen molar-refractivity contribution < 1.29 is 0 Å². The first-order valence-electron chi connectivity index (χ1n) is 4.77. The van der Waals surface area contributed by atoms with Gasteiger partial charge >= 0.3 is 0 Å². The van der Waals surface area contributed by atoms with Crippen molar-refractivity contribution in [3.63, 3.8) is 0 Å². The Balaban J connectivity index is 2.20. The number of halogens is 2. The van der Waals surface area contributed by atoms with Gasteiger partial charge < -0.3 is 5.32 Å². The van der Waals surface area contributed by atoms with Crippen molar-refractivity contribution in [3.8, 4) is 6.07 Å². The van der Waals surface area contributed by atoms with Crippen LogP contribution in [0.4, 0.5) is 11.5 Å². The molecular weight excluding hydrogens is 302 g/mol. The molecule has 2 aromatic rings. The number of aromatic nitrogens is 1. The molecule has 0 aliphatic heterocycles. The van der Waals surface area contributed by atoms with Crippen LogP contribution in [0.5, 0.6) is 0 Å². The summed E-state index contributed by atoms with van der Waals surface area (Å²) in [7, 11) is 0. The van der Waals surface area contributed by atoms with E-state index in [9.17, 15) is 0 Å². The van der Waals surface area contributed by atoms with Gasteiger partial charge in [0.25, 0.3) is 0 Å². The lowest BCUT2D eigenvalue weighted by atomic mass is 10.2. The number of nitrogens with one attached hydrogen (secondary N) is 1. The molecule has 1 aromatic heterocycles. The van der Waals surface area contributed by atoms with E-state index in [1.54, 1.807) is 24.4 Å². The van der Waals surface area contributed by atoms with Gasteiger partial charge in [-0.3, -0.25) is 0 Å². The number of nitrogens with zero attached hydrogens (tertiary/aromatic N) is 2. The molecule has 17 heavy (non-hydrogen) atoms. The summed E-state index contributed by atoms with van der Waals surface area (Å²) in [6.45, 7) is 0. The molecular formula is C12H7BrClN3. The Morgan fingerprint density at radius 1 is 1.29 bits per heavy atom. The highest BCUT2D eigenvalue weighted by molar-refractivity contribution is 9.10. The third-order valence-electron chi connectivity index (χ3n) is 2.09. The van der Waals surface area contributed by atoms with Gasteiger partial charge in [0, 0.05) is 18.0 Å². The fraction of sp³-hybridized carbons (Fsp3) is 0. The molecule has 0 spiro atoms. The van der Waals surface area contributed by atoms with Crippen molar-refractivity contribution in [2.24, 2.45) is 0 Å². The maximum Gasteiger partial charge on any atom is 0.131 e. The molecule has 0 fully saturated rings. The van der Waals surface area contributed by atoms with E-state index < -0.39 is 0 Å². The van der Waals surface area contributed by atoms with Gasteiger partial charge in [0.15, 0.2) is 0 Å². The second kappa shape index (κ2) is 5.17. The van der Waals surface area contributed by atoms with Gasteiger partial charge in [-0.05, 0) is 40.2 Å². The number of nitriles is 1. The van der Waals surface area contributed by atoms with Crippen molar-refractivity contribution >= 4 is 39.0 Å². The molecule has 3 nitrogen and oxygen atoms in total. The van der Waals surface area contributed by atoms with Gasteiger partial charge in [0.1, 0.15) is 5.82 Å². The van der Waals surface area contributed by atoms with Crippen molar-refractivity contribution in [3.05, 3.63) is 51.6 Å². The average molecular weight is 309 g/mol. The Hall–Kier alpha value is -1.57. The Morgan fingerprint density at radius 2 is 2.00 bits per heavy atom. The third-order valence-corrected chi connectivity index (χ3v) is 3.27. The predicted octanol–water partition coefficient (Wildman–Crippen LogP) is 4.11. The Kier molecular flexibility index (Phi) is 3.62. The summed E-state index contributed by atoms with van der Waals surface area (Å²) in [5, 5.41) is 12.4. The number of pyridine rings is 1. The molecule has 0 atom stereocenters. The highest BCUT2D eigenvalue weighted by Gasteiger charge is 2.01. The summed E-state index contributed by atoms with van der Waals surface area (Å²) in [6, 6.07) is 10.9. The first-order chi connectivity index (χ1) is 8.19. The SMILES string of the molecule is N#Cc1ccc(Nc2cc(Cl)c(Br)cn2)cc1. The fourth-order valence-electron chi connectivity index (χ4n) is 1.26. The molecule has 1 N–H and O–H groups in total. The predicted molar refractivity (Wildman–Crippen MR) is 71.4 cm³/mol. The standard InChI is InChI=1S/C12H7BrClN3/c13-10-7-16-12(5-11(10)14)17-9-3-1-8(6-15)2-4-9/h1-5,7H,(H,16,17). The Morgan fingerprint density at radius 3 is 2.59 bits per heavy atom. The number of anilines is 2. The molecule has 0 unspecified atom stereocenters. The van der Waals surface area contributed by atoms with Crippen LogP contribution >= 0.6 is 27.5 Å². The molecule has 2 rings (SSSR count). The molecule has 5 heteroatoms. The van der Waals surface area contributed by atoms with Gasteiger partial charge in [-0.15, -0.1) is 0 Å². The zero-order chi connectivity index (χ0) is 12.3. The van der Waals surface area contributed by atoms with E-state index in [-0.39, 0.29) is 0 Å². The lowest BCUT2D eigenvalue weighted by Crippen LogP contribution is -1.93. The largest absolute Gasteiger partial charge is 0.340 e. The monoisotopic (exact) mass is 307 g/mol. The van der Waals surface area contributed by atoms with Crippen LogP contribution in [0.15, 0.2) is 41.0 Å². The minimum Gasteiger partial charge on any atom is -0.340 e. The van der Waals surface area contributed by atoms with Crippen molar-refractivity contribution in [1.29, 1.82) is 5.26 Å². The molecule has 0 saturated heterocycles. The summed E-state index contributed by atoms with van der Waals surface area (Å²) >= 11 is 9.23. The molecule has 1 aromatic carbocycles. The molecule has 0 aliphatic rings. The number of hydrogen-bond acceptors (Lipinski definition) is 3. The second-order valence-electron chi connectivity index (χ2n) is 3.30. The Bertz CT molecular complexity index is 575. The second-order valence-corrected chi connectivity index (χ2v) is 4.56. The van der Waals surface area contributed by atoms with Crippen LogP contribution in [0.2, 0.25) is 5.02 Å². The molecule has 84 valence electrons. The van der Waals surface area contributed by atoms with Crippen LogP contribution in [-0.4, -0.2) is 4.98 Å². The first kappa shape index (κ1) is 11.9. The summed E-state index contributed by atoms with van der Waals surface area (Å²) in [6.07, 6.45) is 1.63. The van der Waals surface area contributed by atoms with Crippen molar-refractivity contribution in [1.82, 2.24) is 4.98 Å². The lowest BCUT2D eigenvalue weighted by molar-refractivity contribution is 1.29. The van der Waals surface area contributed by atoms with Crippen LogP contribution in [0.1, 0.15) is 5.56 Å². The van der Waals surface area contributed by atoms with E-state index in [0.29, 0.717) is 16.4 Å². The molecule has 0 radical (unpaired) electrons. The van der Waals surface area contributed by atoms with E-state index in [1.807, 2.05) is 12.1 Å². The molecule has 0 saturated carbocycles. The molecule has 0 amide bonds. The topological polar surface area (TPSA) is 48.7 Å². The summed E-state index contributed by atoms with van der Waals surface area (Å²) < 4.78 is 0.754. The minimum absolute atomic E-state index is 0.594. The quantitative estimate of drug-likeness (QED) is 0.908. The van der Waals surface area contributed by atoms with E-state index in [0.717, 1.165) is 10.2 Å². The van der Waals surface area contributed by atoms with Crippen LogP contribution in [-0.2, 0) is 0 Å². The van der Waals surface area contributed by atoms with Crippen molar-refractivity contribution in [2.75, 3.05) is 5.32 Å². The van der Waals surface area contributed by atoms with E-state index >= 15 is 0 Å².